The summed E-state index contributed by atoms with van der Waals surface area (Å²) in [7, 11) is 1.37. The molecule has 0 saturated heterocycles. The average Bonchev–Trinajstić information content (AvgIpc) is 2.72. The molecule has 0 radical (unpaired) electrons. The Labute approximate surface area is 164 Å². The lowest BCUT2D eigenvalue weighted by Gasteiger charge is -2.28. The second kappa shape index (κ2) is 8.87. The maximum Gasteiger partial charge on any atom is 0.305 e. The first-order valence-electron chi connectivity index (χ1n) is 9.81. The summed E-state index contributed by atoms with van der Waals surface area (Å²) >= 11 is 0. The van der Waals surface area contributed by atoms with Crippen LogP contribution in [0.1, 0.15) is 59.7 Å². The third-order valence-electron chi connectivity index (χ3n) is 5.05. The standard InChI is InChI=1S/C22H26N2O4/c1-3-13-23-18-12-11-17-20-15(18)8-7-9-16(20)21(26)24(22(17)27)14-6-4-5-10-19(25)28-2/h7-9,11-12,23H,3-6,10,13-14H2,1-2H3. The van der Waals surface area contributed by atoms with E-state index in [2.05, 4.69) is 17.0 Å². The van der Waals surface area contributed by atoms with Gasteiger partial charge < -0.3 is 10.1 Å². The molecule has 0 aromatic heterocycles. The Morgan fingerprint density at radius 1 is 1.04 bits per heavy atom. The quantitative estimate of drug-likeness (QED) is 0.403. The average molecular weight is 382 g/mol. The molecular weight excluding hydrogens is 356 g/mol. The minimum atomic E-state index is -0.247. The van der Waals surface area contributed by atoms with Crippen molar-refractivity contribution >= 4 is 34.2 Å². The summed E-state index contributed by atoms with van der Waals surface area (Å²) in [5, 5.41) is 5.01. The van der Waals surface area contributed by atoms with Gasteiger partial charge in [-0.25, -0.2) is 0 Å². The van der Waals surface area contributed by atoms with Gasteiger partial charge in [-0.1, -0.05) is 25.5 Å². The van der Waals surface area contributed by atoms with Crippen molar-refractivity contribution in [1.29, 1.82) is 0 Å². The van der Waals surface area contributed by atoms with Crippen molar-refractivity contribution in [3.8, 4) is 0 Å². The third kappa shape index (κ3) is 3.86. The molecule has 0 unspecified atom stereocenters. The number of esters is 1. The fraction of sp³-hybridized carbons (Fsp3) is 0.409. The van der Waals surface area contributed by atoms with Crippen molar-refractivity contribution in [3.05, 3.63) is 41.5 Å². The van der Waals surface area contributed by atoms with Crippen LogP contribution in [0.5, 0.6) is 0 Å². The second-order valence-electron chi connectivity index (χ2n) is 6.96. The summed E-state index contributed by atoms with van der Waals surface area (Å²) in [5.41, 5.74) is 2.09. The number of hydrogen-bond donors (Lipinski definition) is 1. The van der Waals surface area contributed by atoms with Gasteiger partial charge in [-0.3, -0.25) is 19.3 Å². The molecule has 0 aliphatic carbocycles. The van der Waals surface area contributed by atoms with Gasteiger partial charge >= 0.3 is 5.97 Å². The summed E-state index contributed by atoms with van der Waals surface area (Å²) in [6, 6.07) is 9.32. The van der Waals surface area contributed by atoms with Crippen LogP contribution >= 0.6 is 0 Å². The molecule has 1 N–H and O–H groups in total. The predicted octanol–water partition coefficient (Wildman–Crippen LogP) is 3.99. The third-order valence-corrected chi connectivity index (χ3v) is 5.05. The number of ether oxygens (including phenoxy) is 1. The zero-order chi connectivity index (χ0) is 20.1. The fourth-order valence-corrected chi connectivity index (χ4v) is 3.58. The van der Waals surface area contributed by atoms with Gasteiger partial charge in [0.05, 0.1) is 7.11 Å². The van der Waals surface area contributed by atoms with E-state index in [0.29, 0.717) is 36.9 Å². The summed E-state index contributed by atoms with van der Waals surface area (Å²) in [4.78, 5) is 38.4. The first-order chi connectivity index (χ1) is 13.6. The normalized spacial score (nSPS) is 13.1. The molecule has 6 nitrogen and oxygen atoms in total. The van der Waals surface area contributed by atoms with Crippen LogP contribution in [0.2, 0.25) is 0 Å². The SMILES string of the molecule is CCCNc1ccc2c3c(cccc13)C(=O)N(CCCCCC(=O)OC)C2=O. The van der Waals surface area contributed by atoms with Gasteiger partial charge in [0, 0.05) is 47.1 Å². The maximum atomic E-state index is 13.0. The van der Waals surface area contributed by atoms with E-state index in [1.54, 1.807) is 6.07 Å². The van der Waals surface area contributed by atoms with Gasteiger partial charge in [0.1, 0.15) is 0 Å². The van der Waals surface area contributed by atoms with E-state index in [1.165, 1.54) is 12.0 Å². The number of nitrogens with zero attached hydrogens (tertiary/aromatic N) is 1. The van der Waals surface area contributed by atoms with E-state index in [0.717, 1.165) is 35.8 Å². The van der Waals surface area contributed by atoms with Crippen molar-refractivity contribution in [1.82, 2.24) is 4.90 Å². The molecule has 28 heavy (non-hydrogen) atoms. The molecule has 2 amide bonds. The molecule has 0 saturated carbocycles. The van der Waals surface area contributed by atoms with Crippen LogP contribution in [-0.2, 0) is 9.53 Å². The number of anilines is 1. The molecule has 0 bridgehead atoms. The molecule has 2 aromatic rings. The Kier molecular flexibility index (Phi) is 6.29. The van der Waals surface area contributed by atoms with E-state index in [1.807, 2.05) is 24.3 Å². The van der Waals surface area contributed by atoms with Gasteiger partial charge in [-0.05, 0) is 37.5 Å². The molecule has 3 rings (SSSR count). The van der Waals surface area contributed by atoms with Crippen LogP contribution < -0.4 is 5.32 Å². The lowest BCUT2D eigenvalue weighted by molar-refractivity contribution is -0.140. The Morgan fingerprint density at radius 3 is 2.50 bits per heavy atom. The van der Waals surface area contributed by atoms with E-state index in [-0.39, 0.29) is 17.8 Å². The Bertz CT molecular complexity index is 885. The number of carbonyl (C=O) groups is 3. The fourth-order valence-electron chi connectivity index (χ4n) is 3.58. The Balaban J connectivity index is 1.79. The molecule has 1 aliphatic rings. The highest BCUT2D eigenvalue weighted by Gasteiger charge is 2.32. The molecular formula is C22H26N2O4. The van der Waals surface area contributed by atoms with E-state index in [9.17, 15) is 14.4 Å². The smallest absolute Gasteiger partial charge is 0.305 e. The number of unbranched alkanes of at least 4 members (excludes halogenated alkanes) is 2. The summed E-state index contributed by atoms with van der Waals surface area (Å²) in [5.74, 6) is -0.731. The van der Waals surface area contributed by atoms with Crippen molar-refractivity contribution in [2.45, 2.75) is 39.0 Å². The topological polar surface area (TPSA) is 75.7 Å². The molecule has 148 valence electrons. The number of benzene rings is 2. The monoisotopic (exact) mass is 382 g/mol. The van der Waals surface area contributed by atoms with Gasteiger partial charge in [0.2, 0.25) is 0 Å². The zero-order valence-corrected chi connectivity index (χ0v) is 16.4. The molecule has 1 aliphatic heterocycles. The molecule has 0 spiro atoms. The Hall–Kier alpha value is -2.89. The highest BCUT2D eigenvalue weighted by atomic mass is 16.5. The molecule has 1 heterocycles. The molecule has 2 aromatic carbocycles. The molecule has 0 atom stereocenters. The van der Waals surface area contributed by atoms with Gasteiger partial charge in [0.25, 0.3) is 11.8 Å². The predicted molar refractivity (Wildman–Crippen MR) is 109 cm³/mol. The van der Waals surface area contributed by atoms with Crippen molar-refractivity contribution < 1.29 is 19.1 Å². The second-order valence-corrected chi connectivity index (χ2v) is 6.96. The lowest BCUT2D eigenvalue weighted by Crippen LogP contribution is -2.40. The van der Waals surface area contributed by atoms with Crippen LogP contribution in [-0.4, -0.2) is 42.9 Å². The minimum Gasteiger partial charge on any atom is -0.469 e. The number of methoxy groups -OCH3 is 1. The van der Waals surface area contributed by atoms with Crippen LogP contribution in [0.25, 0.3) is 10.8 Å². The van der Waals surface area contributed by atoms with Crippen LogP contribution in [0, 0.1) is 0 Å². The van der Waals surface area contributed by atoms with E-state index in [4.69, 9.17) is 0 Å². The summed E-state index contributed by atoms with van der Waals surface area (Å²) in [6.45, 7) is 3.27. The van der Waals surface area contributed by atoms with Crippen LogP contribution in [0.15, 0.2) is 30.3 Å². The van der Waals surface area contributed by atoms with Crippen molar-refractivity contribution in [2.24, 2.45) is 0 Å². The van der Waals surface area contributed by atoms with Gasteiger partial charge in [-0.2, -0.15) is 0 Å². The van der Waals surface area contributed by atoms with E-state index >= 15 is 0 Å². The first kappa shape index (κ1) is 19.9. The maximum absolute atomic E-state index is 13.0. The van der Waals surface area contributed by atoms with Crippen molar-refractivity contribution in [2.75, 3.05) is 25.5 Å². The number of nitrogens with one attached hydrogen (secondary N) is 1. The van der Waals surface area contributed by atoms with E-state index < -0.39 is 0 Å². The number of imide groups is 1. The van der Waals surface area contributed by atoms with Crippen LogP contribution in [0.3, 0.4) is 0 Å². The first-order valence-corrected chi connectivity index (χ1v) is 9.81. The number of hydrogen-bond acceptors (Lipinski definition) is 5. The minimum absolute atomic E-state index is 0.238. The molecule has 6 heteroatoms. The number of rotatable bonds is 9. The van der Waals surface area contributed by atoms with Gasteiger partial charge in [0.15, 0.2) is 0 Å². The van der Waals surface area contributed by atoms with Crippen LogP contribution in [0.4, 0.5) is 5.69 Å². The van der Waals surface area contributed by atoms with Gasteiger partial charge in [-0.15, -0.1) is 0 Å². The number of amides is 2. The summed E-state index contributed by atoms with van der Waals surface area (Å²) in [6.07, 6.45) is 3.44. The number of carbonyl (C=O) groups excluding carboxylic acids is 3. The molecule has 0 fully saturated rings. The highest BCUT2D eigenvalue weighted by molar-refractivity contribution is 6.26. The zero-order valence-electron chi connectivity index (χ0n) is 16.4. The summed E-state index contributed by atoms with van der Waals surface area (Å²) < 4.78 is 4.62. The Morgan fingerprint density at radius 2 is 1.79 bits per heavy atom. The lowest BCUT2D eigenvalue weighted by atomic mass is 9.92. The van der Waals surface area contributed by atoms with Crippen molar-refractivity contribution in [3.63, 3.8) is 0 Å². The largest absolute Gasteiger partial charge is 0.469 e. The highest BCUT2D eigenvalue weighted by Crippen LogP contribution is 2.34.